The molecule has 0 saturated carbocycles. The number of benzene rings is 1. The molecular weight excluding hydrogens is 290 g/mol. The number of rotatable bonds is 6. The second kappa shape index (κ2) is 6.94. The average molecular weight is 310 g/mol. The molecule has 1 amide bonds. The van der Waals surface area contributed by atoms with Gasteiger partial charge in [0.05, 0.1) is 11.3 Å². The fourth-order valence-electron chi connectivity index (χ4n) is 2.48. The zero-order valence-corrected chi connectivity index (χ0v) is 13.2. The van der Waals surface area contributed by atoms with E-state index in [2.05, 4.69) is 6.92 Å². The van der Waals surface area contributed by atoms with Crippen LogP contribution in [0.4, 0.5) is 5.69 Å². The number of fused-ring (bicyclic) bond motifs is 1. The Hall–Kier alpha value is -1.55. The highest BCUT2D eigenvalue weighted by atomic mass is 35.5. The Bertz CT molecular complexity index is 557. The van der Waals surface area contributed by atoms with Crippen molar-refractivity contribution in [3.05, 3.63) is 22.7 Å². The van der Waals surface area contributed by atoms with Crippen LogP contribution in [0, 0.1) is 0 Å². The Balaban J connectivity index is 2.29. The summed E-state index contributed by atoms with van der Waals surface area (Å²) in [6, 6.07) is 3.29. The van der Waals surface area contributed by atoms with Gasteiger partial charge in [0.15, 0.2) is 18.1 Å². The maximum absolute atomic E-state index is 12.1. The fourth-order valence-corrected chi connectivity index (χ4v) is 2.69. The Labute approximate surface area is 130 Å². The van der Waals surface area contributed by atoms with E-state index in [9.17, 15) is 9.59 Å². The first-order chi connectivity index (χ1) is 10.0. The van der Waals surface area contributed by atoms with Gasteiger partial charge in [-0.25, -0.2) is 0 Å². The van der Waals surface area contributed by atoms with Crippen molar-refractivity contribution < 1.29 is 14.3 Å². The van der Waals surface area contributed by atoms with Gasteiger partial charge in [0, 0.05) is 11.6 Å². The molecule has 114 valence electrons. The summed E-state index contributed by atoms with van der Waals surface area (Å²) in [6.07, 6.45) is 4.31. The van der Waals surface area contributed by atoms with E-state index in [-0.39, 0.29) is 18.3 Å². The van der Waals surface area contributed by atoms with E-state index >= 15 is 0 Å². The number of carbonyl (C=O) groups is 2. The number of ether oxygens (including phenoxy) is 1. The molecule has 1 heterocycles. The molecule has 0 aliphatic carbocycles. The van der Waals surface area contributed by atoms with E-state index in [1.165, 1.54) is 6.92 Å². The van der Waals surface area contributed by atoms with Crippen LogP contribution in [0.1, 0.15) is 49.9 Å². The van der Waals surface area contributed by atoms with Gasteiger partial charge in [-0.1, -0.05) is 37.8 Å². The van der Waals surface area contributed by atoms with Crippen LogP contribution >= 0.6 is 11.6 Å². The number of amides is 1. The van der Waals surface area contributed by atoms with Crippen molar-refractivity contribution in [3.63, 3.8) is 0 Å². The van der Waals surface area contributed by atoms with Crippen LogP contribution < -0.4 is 9.64 Å². The van der Waals surface area contributed by atoms with Gasteiger partial charge < -0.3 is 9.64 Å². The molecule has 0 bridgehead atoms. The maximum atomic E-state index is 12.1. The summed E-state index contributed by atoms with van der Waals surface area (Å²) in [4.78, 5) is 25.5. The zero-order chi connectivity index (χ0) is 15.4. The van der Waals surface area contributed by atoms with Crippen LogP contribution in [0.3, 0.4) is 0 Å². The average Bonchev–Trinajstić information content (AvgIpc) is 2.44. The summed E-state index contributed by atoms with van der Waals surface area (Å²) < 4.78 is 5.47. The molecule has 1 aliphatic heterocycles. The molecule has 2 rings (SSSR count). The first-order valence-electron chi connectivity index (χ1n) is 7.32. The van der Waals surface area contributed by atoms with Crippen molar-refractivity contribution in [2.45, 2.75) is 39.5 Å². The third-order valence-corrected chi connectivity index (χ3v) is 3.80. The van der Waals surface area contributed by atoms with E-state index in [1.807, 2.05) is 0 Å². The summed E-state index contributed by atoms with van der Waals surface area (Å²) in [6.45, 7) is 4.22. The van der Waals surface area contributed by atoms with Crippen LogP contribution in [0.25, 0.3) is 0 Å². The van der Waals surface area contributed by atoms with Crippen molar-refractivity contribution >= 4 is 29.0 Å². The second-order valence-electron chi connectivity index (χ2n) is 5.25. The first-order valence-corrected chi connectivity index (χ1v) is 7.70. The number of halogens is 1. The highest BCUT2D eigenvalue weighted by Gasteiger charge is 2.28. The third-order valence-electron chi connectivity index (χ3n) is 3.58. The molecule has 1 aromatic carbocycles. The van der Waals surface area contributed by atoms with E-state index in [4.69, 9.17) is 16.3 Å². The Morgan fingerprint density at radius 3 is 2.76 bits per heavy atom. The number of hydrogen-bond donors (Lipinski definition) is 0. The summed E-state index contributed by atoms with van der Waals surface area (Å²) in [7, 11) is 0. The number of ketones is 1. The van der Waals surface area contributed by atoms with Crippen molar-refractivity contribution in [3.8, 4) is 5.75 Å². The third kappa shape index (κ3) is 3.56. The molecule has 0 N–H and O–H groups in total. The second-order valence-corrected chi connectivity index (χ2v) is 5.69. The fraction of sp³-hybridized carbons (Fsp3) is 0.500. The molecule has 21 heavy (non-hydrogen) atoms. The molecule has 0 spiro atoms. The molecular formula is C16H20ClNO3. The standard InChI is InChI=1S/C16H20ClNO3/c1-3-4-5-6-7-18-14-9-12(17)8-13(11(2)19)16(14)21-10-15(18)20/h8-9H,3-7,10H2,1-2H3. The summed E-state index contributed by atoms with van der Waals surface area (Å²) in [5.41, 5.74) is 1.05. The van der Waals surface area contributed by atoms with Gasteiger partial charge in [0.25, 0.3) is 5.91 Å². The van der Waals surface area contributed by atoms with Gasteiger partial charge in [-0.2, -0.15) is 0 Å². The molecule has 1 aliphatic rings. The highest BCUT2D eigenvalue weighted by molar-refractivity contribution is 6.31. The van der Waals surface area contributed by atoms with Crippen molar-refractivity contribution in [2.75, 3.05) is 18.1 Å². The van der Waals surface area contributed by atoms with Gasteiger partial charge in [-0.15, -0.1) is 0 Å². The molecule has 4 nitrogen and oxygen atoms in total. The van der Waals surface area contributed by atoms with Gasteiger partial charge in [0.1, 0.15) is 0 Å². The highest BCUT2D eigenvalue weighted by Crippen LogP contribution is 2.38. The number of Topliss-reactive ketones (excluding diaryl/α,β-unsaturated/α-hetero) is 1. The zero-order valence-electron chi connectivity index (χ0n) is 12.4. The largest absolute Gasteiger partial charge is 0.481 e. The Kier molecular flexibility index (Phi) is 5.23. The predicted molar refractivity (Wildman–Crippen MR) is 83.4 cm³/mol. The number of nitrogens with zero attached hydrogens (tertiary/aromatic N) is 1. The van der Waals surface area contributed by atoms with Crippen molar-refractivity contribution in [1.29, 1.82) is 0 Å². The molecule has 1 aromatic rings. The molecule has 0 radical (unpaired) electrons. The van der Waals surface area contributed by atoms with E-state index in [0.717, 1.165) is 25.7 Å². The molecule has 0 aromatic heterocycles. The molecule has 0 saturated heterocycles. The van der Waals surface area contributed by atoms with Gasteiger partial charge >= 0.3 is 0 Å². The lowest BCUT2D eigenvalue weighted by atomic mass is 10.1. The number of hydrogen-bond acceptors (Lipinski definition) is 3. The van der Waals surface area contributed by atoms with Gasteiger partial charge in [0.2, 0.25) is 0 Å². The van der Waals surface area contributed by atoms with Gasteiger partial charge in [-0.3, -0.25) is 9.59 Å². The number of carbonyl (C=O) groups excluding carboxylic acids is 2. The van der Waals surface area contributed by atoms with Crippen LogP contribution in [0.2, 0.25) is 5.02 Å². The van der Waals surface area contributed by atoms with E-state index < -0.39 is 0 Å². The van der Waals surface area contributed by atoms with Crippen LogP contribution in [-0.4, -0.2) is 24.8 Å². The minimum atomic E-state index is -0.117. The lowest BCUT2D eigenvalue weighted by molar-refractivity contribution is -0.121. The molecule has 0 unspecified atom stereocenters. The number of anilines is 1. The first kappa shape index (κ1) is 15.8. The monoisotopic (exact) mass is 309 g/mol. The summed E-state index contributed by atoms with van der Waals surface area (Å²) in [5, 5.41) is 0.441. The van der Waals surface area contributed by atoms with Crippen LogP contribution in [0.5, 0.6) is 5.75 Å². The maximum Gasteiger partial charge on any atom is 0.265 e. The predicted octanol–water partition coefficient (Wildman–Crippen LogP) is 3.85. The summed E-state index contributed by atoms with van der Waals surface area (Å²) >= 11 is 6.08. The molecule has 0 atom stereocenters. The lowest BCUT2D eigenvalue weighted by Gasteiger charge is -2.30. The Morgan fingerprint density at radius 1 is 1.33 bits per heavy atom. The van der Waals surface area contributed by atoms with Crippen molar-refractivity contribution in [1.82, 2.24) is 0 Å². The minimum absolute atomic E-state index is 0.0251. The normalized spacial score (nSPS) is 13.9. The van der Waals surface area contributed by atoms with Crippen LogP contribution in [0.15, 0.2) is 12.1 Å². The topological polar surface area (TPSA) is 46.6 Å². The lowest BCUT2D eigenvalue weighted by Crippen LogP contribution is -2.39. The minimum Gasteiger partial charge on any atom is -0.481 e. The SMILES string of the molecule is CCCCCCN1C(=O)COc2c(C(C)=O)cc(Cl)cc21. The molecule has 5 heteroatoms. The number of unbranched alkanes of at least 4 members (excludes halogenated alkanes) is 3. The Morgan fingerprint density at radius 2 is 2.10 bits per heavy atom. The van der Waals surface area contributed by atoms with E-state index in [0.29, 0.717) is 28.6 Å². The van der Waals surface area contributed by atoms with Crippen LogP contribution in [-0.2, 0) is 4.79 Å². The van der Waals surface area contributed by atoms with Crippen molar-refractivity contribution in [2.24, 2.45) is 0 Å². The summed E-state index contributed by atoms with van der Waals surface area (Å²) in [5.74, 6) is 0.270. The van der Waals surface area contributed by atoms with Gasteiger partial charge in [-0.05, 0) is 25.5 Å². The molecule has 0 fully saturated rings. The quantitative estimate of drug-likeness (QED) is 0.592. The smallest absolute Gasteiger partial charge is 0.265 e. The van der Waals surface area contributed by atoms with E-state index in [1.54, 1.807) is 17.0 Å².